The molecule has 0 saturated carbocycles. The molecule has 1 aromatic heterocycles. The largest absolute Gasteiger partial charge is 0.484 e. The summed E-state index contributed by atoms with van der Waals surface area (Å²) >= 11 is 0. The highest BCUT2D eigenvalue weighted by Gasteiger charge is 2.32. The summed E-state index contributed by atoms with van der Waals surface area (Å²) in [6.45, 7) is 3.22. The van der Waals surface area contributed by atoms with E-state index < -0.39 is 0 Å². The van der Waals surface area contributed by atoms with Crippen LogP contribution in [0.2, 0.25) is 0 Å². The van der Waals surface area contributed by atoms with Crippen LogP contribution in [0.3, 0.4) is 0 Å². The second-order valence-electron chi connectivity index (χ2n) is 7.72. The number of ether oxygens (including phenoxy) is 1. The standard InChI is InChI=1S/C20H28N6O2/c1-25-23-20(22-24-25)15-7-9-17(10-8-15)28-14-19(27)21-13-16-5-4-12-26-11-3-2-6-18(16)26/h7-10,16,18H,2-6,11-14H2,1H3,(H,21,27)/t16-,18-/m1/s1. The molecule has 2 saturated heterocycles. The summed E-state index contributed by atoms with van der Waals surface area (Å²) in [5.41, 5.74) is 0.860. The number of hydrogen-bond donors (Lipinski definition) is 1. The number of carbonyl (C=O) groups excluding carboxylic acids is 1. The summed E-state index contributed by atoms with van der Waals surface area (Å²) in [6.07, 6.45) is 6.34. The fourth-order valence-electron chi connectivity index (χ4n) is 4.36. The number of rotatable bonds is 6. The van der Waals surface area contributed by atoms with Gasteiger partial charge < -0.3 is 15.0 Å². The number of aromatic nitrogens is 4. The fourth-order valence-corrected chi connectivity index (χ4v) is 4.36. The quantitative estimate of drug-likeness (QED) is 0.815. The normalized spacial score (nSPS) is 22.5. The van der Waals surface area contributed by atoms with Crippen LogP contribution in [0.4, 0.5) is 0 Å². The van der Waals surface area contributed by atoms with Crippen LogP contribution in [-0.4, -0.2) is 63.3 Å². The average molecular weight is 384 g/mol. The Kier molecular flexibility index (Phi) is 5.85. The molecule has 0 unspecified atom stereocenters. The lowest BCUT2D eigenvalue weighted by atomic mass is 9.83. The van der Waals surface area contributed by atoms with E-state index >= 15 is 0 Å². The highest BCUT2D eigenvalue weighted by atomic mass is 16.5. The first-order valence-corrected chi connectivity index (χ1v) is 10.2. The second-order valence-corrected chi connectivity index (χ2v) is 7.72. The van der Waals surface area contributed by atoms with E-state index in [4.69, 9.17) is 4.74 Å². The van der Waals surface area contributed by atoms with Crippen LogP contribution >= 0.6 is 0 Å². The van der Waals surface area contributed by atoms with Gasteiger partial charge in [-0.25, -0.2) is 0 Å². The number of hydrogen-bond acceptors (Lipinski definition) is 6. The molecule has 0 bridgehead atoms. The molecule has 1 N–H and O–H groups in total. The Bertz CT molecular complexity index is 788. The number of nitrogens with one attached hydrogen (secondary N) is 1. The van der Waals surface area contributed by atoms with Gasteiger partial charge in [0.2, 0.25) is 5.82 Å². The van der Waals surface area contributed by atoms with E-state index in [1.807, 2.05) is 24.3 Å². The summed E-state index contributed by atoms with van der Waals surface area (Å²) in [5.74, 6) is 1.72. The first-order valence-electron chi connectivity index (χ1n) is 10.2. The second kappa shape index (κ2) is 8.68. The first-order chi connectivity index (χ1) is 13.7. The smallest absolute Gasteiger partial charge is 0.257 e. The lowest BCUT2D eigenvalue weighted by molar-refractivity contribution is -0.123. The lowest BCUT2D eigenvalue weighted by Crippen LogP contribution is -2.51. The number of tetrazole rings is 1. The van der Waals surface area contributed by atoms with Gasteiger partial charge in [0.05, 0.1) is 7.05 Å². The third-order valence-corrected chi connectivity index (χ3v) is 5.78. The molecule has 2 aliphatic rings. The molecule has 2 atom stereocenters. The Morgan fingerprint density at radius 1 is 1.18 bits per heavy atom. The molecule has 0 radical (unpaired) electrons. The summed E-state index contributed by atoms with van der Waals surface area (Å²) < 4.78 is 5.63. The molecule has 28 heavy (non-hydrogen) atoms. The van der Waals surface area contributed by atoms with E-state index in [-0.39, 0.29) is 12.5 Å². The molecule has 8 nitrogen and oxygen atoms in total. The maximum atomic E-state index is 12.2. The molecular formula is C20H28N6O2. The van der Waals surface area contributed by atoms with Crippen molar-refractivity contribution in [2.75, 3.05) is 26.2 Å². The van der Waals surface area contributed by atoms with Crippen molar-refractivity contribution >= 4 is 5.91 Å². The van der Waals surface area contributed by atoms with Crippen LogP contribution in [0.1, 0.15) is 32.1 Å². The molecule has 4 rings (SSSR count). The maximum absolute atomic E-state index is 12.2. The highest BCUT2D eigenvalue weighted by Crippen LogP contribution is 2.30. The molecule has 8 heteroatoms. The van der Waals surface area contributed by atoms with Crippen LogP contribution in [-0.2, 0) is 11.8 Å². The Morgan fingerprint density at radius 2 is 2.00 bits per heavy atom. The van der Waals surface area contributed by atoms with Crippen molar-refractivity contribution in [3.63, 3.8) is 0 Å². The molecular weight excluding hydrogens is 356 g/mol. The van der Waals surface area contributed by atoms with Crippen LogP contribution in [0.15, 0.2) is 24.3 Å². The van der Waals surface area contributed by atoms with Gasteiger partial charge >= 0.3 is 0 Å². The zero-order valence-electron chi connectivity index (χ0n) is 16.4. The van der Waals surface area contributed by atoms with Gasteiger partial charge in [-0.2, -0.15) is 4.80 Å². The minimum absolute atomic E-state index is 0.0316. The van der Waals surface area contributed by atoms with Gasteiger partial charge in [-0.3, -0.25) is 4.79 Å². The van der Waals surface area contributed by atoms with Crippen molar-refractivity contribution in [1.82, 2.24) is 30.4 Å². The van der Waals surface area contributed by atoms with Crippen molar-refractivity contribution in [3.05, 3.63) is 24.3 Å². The lowest BCUT2D eigenvalue weighted by Gasteiger charge is -2.44. The van der Waals surface area contributed by atoms with Crippen molar-refractivity contribution in [2.45, 2.75) is 38.1 Å². The molecule has 2 fully saturated rings. The summed E-state index contributed by atoms with van der Waals surface area (Å²) in [4.78, 5) is 16.3. The molecule has 0 aliphatic carbocycles. The molecule has 0 spiro atoms. The number of piperidine rings is 2. The number of carbonyl (C=O) groups is 1. The number of aryl methyl sites for hydroxylation is 1. The van der Waals surface area contributed by atoms with Crippen LogP contribution < -0.4 is 10.1 Å². The number of amides is 1. The maximum Gasteiger partial charge on any atom is 0.257 e. The Hall–Kier alpha value is -2.48. The summed E-state index contributed by atoms with van der Waals surface area (Å²) in [7, 11) is 1.73. The predicted octanol–water partition coefficient (Wildman–Crippen LogP) is 1.64. The van der Waals surface area contributed by atoms with Gasteiger partial charge in [-0.1, -0.05) is 6.42 Å². The van der Waals surface area contributed by atoms with Crippen molar-refractivity contribution in [2.24, 2.45) is 13.0 Å². The number of fused-ring (bicyclic) bond motifs is 1. The SMILES string of the molecule is Cn1nnc(-c2ccc(OCC(=O)NC[C@H]3CCCN4CCCC[C@H]34)cc2)n1. The van der Waals surface area contributed by atoms with Crippen LogP contribution in [0, 0.1) is 5.92 Å². The summed E-state index contributed by atoms with van der Waals surface area (Å²) in [6, 6.07) is 8.01. The number of benzene rings is 1. The molecule has 150 valence electrons. The molecule has 3 heterocycles. The van der Waals surface area contributed by atoms with Crippen molar-refractivity contribution in [1.29, 1.82) is 0 Å². The minimum atomic E-state index is -0.0624. The van der Waals surface area contributed by atoms with Gasteiger partial charge in [0.25, 0.3) is 5.91 Å². The van der Waals surface area contributed by atoms with Crippen LogP contribution in [0.5, 0.6) is 5.75 Å². The van der Waals surface area contributed by atoms with E-state index in [9.17, 15) is 4.79 Å². The number of nitrogens with zero attached hydrogens (tertiary/aromatic N) is 5. The Balaban J connectivity index is 1.23. The zero-order valence-corrected chi connectivity index (χ0v) is 16.4. The van der Waals surface area contributed by atoms with Gasteiger partial charge in [0, 0.05) is 18.2 Å². The first kappa shape index (κ1) is 18.9. The van der Waals surface area contributed by atoms with Crippen molar-refractivity contribution in [3.8, 4) is 17.1 Å². The van der Waals surface area contributed by atoms with E-state index in [2.05, 4.69) is 25.6 Å². The van der Waals surface area contributed by atoms with E-state index in [0.29, 0.717) is 23.5 Å². The van der Waals surface area contributed by atoms with Gasteiger partial charge in [0.1, 0.15) is 5.75 Å². The van der Waals surface area contributed by atoms with E-state index in [1.54, 1.807) is 7.05 Å². The Labute approximate surface area is 165 Å². The average Bonchev–Trinajstić information content (AvgIpc) is 3.17. The Morgan fingerprint density at radius 3 is 2.79 bits per heavy atom. The van der Waals surface area contributed by atoms with Gasteiger partial charge in [-0.05, 0) is 74.2 Å². The third kappa shape index (κ3) is 4.49. The summed E-state index contributed by atoms with van der Waals surface area (Å²) in [5, 5.41) is 15.1. The monoisotopic (exact) mass is 384 g/mol. The zero-order chi connectivity index (χ0) is 19.3. The third-order valence-electron chi connectivity index (χ3n) is 5.78. The molecule has 2 aliphatic heterocycles. The minimum Gasteiger partial charge on any atom is -0.484 e. The van der Waals surface area contributed by atoms with E-state index in [0.717, 1.165) is 12.1 Å². The fraction of sp³-hybridized carbons (Fsp3) is 0.600. The molecule has 1 amide bonds. The van der Waals surface area contributed by atoms with Crippen LogP contribution in [0.25, 0.3) is 11.4 Å². The molecule has 1 aromatic carbocycles. The van der Waals surface area contributed by atoms with E-state index in [1.165, 1.54) is 50.0 Å². The van der Waals surface area contributed by atoms with Crippen molar-refractivity contribution < 1.29 is 9.53 Å². The van der Waals surface area contributed by atoms with Gasteiger partial charge in [0.15, 0.2) is 6.61 Å². The predicted molar refractivity (Wildman–Crippen MR) is 105 cm³/mol. The highest BCUT2D eigenvalue weighted by molar-refractivity contribution is 5.77. The van der Waals surface area contributed by atoms with Gasteiger partial charge in [-0.15, -0.1) is 10.2 Å². The topological polar surface area (TPSA) is 85.2 Å². The molecule has 2 aromatic rings.